The Morgan fingerprint density at radius 1 is 1.33 bits per heavy atom. The summed E-state index contributed by atoms with van der Waals surface area (Å²) in [5.74, 6) is -2.03. The van der Waals surface area contributed by atoms with Gasteiger partial charge in [0, 0.05) is 6.07 Å². The van der Waals surface area contributed by atoms with Crippen molar-refractivity contribution in [3.63, 3.8) is 0 Å². The number of phenolic OH excluding ortho intramolecular Hbond substituents is 1. The molecule has 2 N–H and O–H groups in total. The monoisotopic (exact) mass is 265 g/mol. The van der Waals surface area contributed by atoms with Gasteiger partial charge in [-0.15, -0.1) is 11.3 Å². The minimum Gasteiger partial charge on any atom is -0.508 e. The van der Waals surface area contributed by atoms with Gasteiger partial charge in [0.2, 0.25) is 0 Å². The highest BCUT2D eigenvalue weighted by Crippen LogP contribution is 2.21. The molecule has 1 aromatic heterocycles. The summed E-state index contributed by atoms with van der Waals surface area (Å²) in [6.07, 6.45) is 0. The number of carboxylic acids is 1. The van der Waals surface area contributed by atoms with Gasteiger partial charge in [-0.3, -0.25) is 0 Å². The average Bonchev–Trinajstić information content (AvgIpc) is 2.77. The number of rotatable bonds is 3. The molecule has 0 unspecified atom stereocenters. The van der Waals surface area contributed by atoms with Crippen LogP contribution in [-0.4, -0.2) is 27.1 Å². The maximum Gasteiger partial charge on any atom is 0.356 e. The number of ether oxygens (including phenoxy) is 1. The van der Waals surface area contributed by atoms with Crippen LogP contribution in [0, 0.1) is 0 Å². The lowest BCUT2D eigenvalue weighted by atomic mass is 10.3. The number of aromatic hydroxyl groups is 1. The van der Waals surface area contributed by atoms with Crippen LogP contribution in [0.5, 0.6) is 11.5 Å². The van der Waals surface area contributed by atoms with Crippen LogP contribution in [0.25, 0.3) is 0 Å². The van der Waals surface area contributed by atoms with Crippen LogP contribution in [-0.2, 0) is 0 Å². The molecule has 0 saturated heterocycles. The molecule has 0 radical (unpaired) electrons. The number of carbonyl (C=O) groups excluding carboxylic acids is 1. The Balaban J connectivity index is 2.22. The molecule has 2 rings (SSSR count). The van der Waals surface area contributed by atoms with Crippen molar-refractivity contribution < 1.29 is 24.5 Å². The topological polar surface area (TPSA) is 96.7 Å². The van der Waals surface area contributed by atoms with E-state index in [1.807, 2.05) is 0 Å². The average molecular weight is 265 g/mol. The van der Waals surface area contributed by atoms with Gasteiger partial charge in [-0.05, 0) is 12.1 Å². The molecule has 7 heteroatoms. The third-order valence-corrected chi connectivity index (χ3v) is 2.79. The first-order chi connectivity index (χ1) is 8.58. The maximum absolute atomic E-state index is 11.7. The van der Waals surface area contributed by atoms with E-state index < -0.39 is 11.9 Å². The number of carbonyl (C=O) groups is 2. The van der Waals surface area contributed by atoms with E-state index in [0.29, 0.717) is 0 Å². The first-order valence-electron chi connectivity index (χ1n) is 4.76. The molecule has 0 spiro atoms. The second-order valence-corrected chi connectivity index (χ2v) is 4.08. The van der Waals surface area contributed by atoms with Crippen LogP contribution in [0.1, 0.15) is 20.2 Å². The highest BCUT2D eigenvalue weighted by atomic mass is 32.1. The number of nitrogens with zero attached hydrogens (tertiary/aromatic N) is 1. The van der Waals surface area contributed by atoms with Gasteiger partial charge in [-0.25, -0.2) is 14.6 Å². The second-order valence-electron chi connectivity index (χ2n) is 3.22. The molecule has 0 aliphatic rings. The summed E-state index contributed by atoms with van der Waals surface area (Å²) in [6.45, 7) is 0. The van der Waals surface area contributed by atoms with Crippen molar-refractivity contribution >= 4 is 23.3 Å². The second kappa shape index (κ2) is 4.84. The fourth-order valence-corrected chi connectivity index (χ4v) is 1.90. The lowest BCUT2D eigenvalue weighted by molar-refractivity contribution is 0.0665. The number of carboxylic acid groups (broad SMARTS) is 1. The SMILES string of the molecule is O=C(O)c1ncsc1C(=O)Oc1cccc(O)c1. The van der Waals surface area contributed by atoms with E-state index >= 15 is 0 Å². The Bertz CT molecular complexity index is 607. The van der Waals surface area contributed by atoms with Gasteiger partial charge in [0.15, 0.2) is 5.69 Å². The van der Waals surface area contributed by atoms with Gasteiger partial charge in [0.25, 0.3) is 0 Å². The predicted molar refractivity (Wildman–Crippen MR) is 62.1 cm³/mol. The maximum atomic E-state index is 11.7. The molecule has 1 heterocycles. The molecular formula is C11H7NO5S. The summed E-state index contributed by atoms with van der Waals surface area (Å²) in [4.78, 5) is 26.0. The summed E-state index contributed by atoms with van der Waals surface area (Å²) in [5.41, 5.74) is 0.910. The van der Waals surface area contributed by atoms with E-state index in [2.05, 4.69) is 4.98 Å². The van der Waals surface area contributed by atoms with E-state index in [1.54, 1.807) is 0 Å². The fourth-order valence-electron chi connectivity index (χ4n) is 1.24. The summed E-state index contributed by atoms with van der Waals surface area (Å²) >= 11 is 0.880. The number of phenols is 1. The molecule has 0 atom stereocenters. The largest absolute Gasteiger partial charge is 0.508 e. The minimum atomic E-state index is -1.29. The zero-order valence-corrected chi connectivity index (χ0v) is 9.68. The number of aromatic nitrogens is 1. The molecule has 18 heavy (non-hydrogen) atoms. The third-order valence-electron chi connectivity index (χ3n) is 1.98. The van der Waals surface area contributed by atoms with E-state index in [1.165, 1.54) is 29.8 Å². The lowest BCUT2D eigenvalue weighted by Crippen LogP contribution is -2.12. The van der Waals surface area contributed by atoms with Gasteiger partial charge in [-0.1, -0.05) is 6.07 Å². The predicted octanol–water partition coefficient (Wildman–Crippen LogP) is 1.77. The third kappa shape index (κ3) is 2.46. The quantitative estimate of drug-likeness (QED) is 0.648. The highest BCUT2D eigenvalue weighted by Gasteiger charge is 2.21. The van der Waals surface area contributed by atoms with Gasteiger partial charge >= 0.3 is 11.9 Å². The first-order valence-corrected chi connectivity index (χ1v) is 5.64. The van der Waals surface area contributed by atoms with Crippen molar-refractivity contribution in [2.24, 2.45) is 0 Å². The van der Waals surface area contributed by atoms with Gasteiger partial charge in [0.1, 0.15) is 16.4 Å². The molecule has 2 aromatic rings. The molecule has 0 amide bonds. The Hall–Kier alpha value is -2.41. The molecule has 92 valence electrons. The number of hydrogen-bond acceptors (Lipinski definition) is 6. The lowest BCUT2D eigenvalue weighted by Gasteiger charge is -2.03. The van der Waals surface area contributed by atoms with Crippen molar-refractivity contribution in [2.75, 3.05) is 0 Å². The number of thiazole rings is 1. The smallest absolute Gasteiger partial charge is 0.356 e. The Labute approximate surface area is 105 Å². The van der Waals surface area contributed by atoms with Gasteiger partial charge < -0.3 is 14.9 Å². The molecule has 0 aliphatic carbocycles. The molecule has 1 aromatic carbocycles. The minimum absolute atomic E-state index is 0.0527. The number of benzene rings is 1. The Morgan fingerprint density at radius 2 is 2.11 bits per heavy atom. The molecule has 0 aliphatic heterocycles. The van der Waals surface area contributed by atoms with Crippen LogP contribution >= 0.6 is 11.3 Å². The number of aromatic carboxylic acids is 1. The molecule has 0 saturated carbocycles. The Kier molecular flexibility index (Phi) is 3.24. The number of esters is 1. The highest BCUT2D eigenvalue weighted by molar-refractivity contribution is 7.12. The normalized spacial score (nSPS) is 10.0. The Morgan fingerprint density at radius 3 is 2.78 bits per heavy atom. The molecule has 6 nitrogen and oxygen atoms in total. The van der Waals surface area contributed by atoms with E-state index in [4.69, 9.17) is 9.84 Å². The van der Waals surface area contributed by atoms with Crippen LogP contribution < -0.4 is 4.74 Å². The fraction of sp³-hybridized carbons (Fsp3) is 0. The van der Waals surface area contributed by atoms with Crippen molar-refractivity contribution in [1.29, 1.82) is 0 Å². The van der Waals surface area contributed by atoms with E-state index in [-0.39, 0.29) is 22.1 Å². The summed E-state index contributed by atoms with van der Waals surface area (Å²) in [5, 5.41) is 18.0. The van der Waals surface area contributed by atoms with Crippen LogP contribution in [0.2, 0.25) is 0 Å². The first kappa shape index (κ1) is 12.1. The van der Waals surface area contributed by atoms with E-state index in [0.717, 1.165) is 11.3 Å². The number of hydrogen-bond donors (Lipinski definition) is 2. The van der Waals surface area contributed by atoms with Crippen LogP contribution in [0.4, 0.5) is 0 Å². The standard InChI is InChI=1S/C11H7NO5S/c13-6-2-1-3-7(4-6)17-11(16)9-8(10(14)15)12-5-18-9/h1-5,13H,(H,14,15). The van der Waals surface area contributed by atoms with Crippen molar-refractivity contribution in [2.45, 2.75) is 0 Å². The van der Waals surface area contributed by atoms with E-state index in [9.17, 15) is 14.7 Å². The zero-order valence-electron chi connectivity index (χ0n) is 8.86. The van der Waals surface area contributed by atoms with Crippen molar-refractivity contribution in [3.8, 4) is 11.5 Å². The van der Waals surface area contributed by atoms with Gasteiger partial charge in [-0.2, -0.15) is 0 Å². The summed E-state index contributed by atoms with van der Waals surface area (Å²) in [7, 11) is 0. The van der Waals surface area contributed by atoms with Crippen molar-refractivity contribution in [1.82, 2.24) is 4.98 Å². The molecule has 0 bridgehead atoms. The zero-order chi connectivity index (χ0) is 13.1. The van der Waals surface area contributed by atoms with Crippen LogP contribution in [0.15, 0.2) is 29.8 Å². The molecular weight excluding hydrogens is 258 g/mol. The molecule has 0 fully saturated rings. The summed E-state index contributed by atoms with van der Waals surface area (Å²) < 4.78 is 4.94. The van der Waals surface area contributed by atoms with Crippen molar-refractivity contribution in [3.05, 3.63) is 40.3 Å². The summed E-state index contributed by atoms with van der Waals surface area (Å²) in [6, 6.07) is 5.65. The van der Waals surface area contributed by atoms with Crippen LogP contribution in [0.3, 0.4) is 0 Å². The van der Waals surface area contributed by atoms with Gasteiger partial charge in [0.05, 0.1) is 5.51 Å².